The first-order valence-electron chi connectivity index (χ1n) is 7.25. The number of likely N-dealkylation sites (N-methyl/N-ethyl adjacent to an activating group) is 1. The highest BCUT2D eigenvalue weighted by molar-refractivity contribution is 7.71. The first-order chi connectivity index (χ1) is 10.9. The molecule has 0 atom stereocenters. The standard InChI is InChI=1S/C15H18ClFN4OS/c1-3-5-13-18-19-15(23)21(13)9-14(22)20(2)8-10-11(16)6-4-7-12(10)17/h4,6-7H,3,5,8-9H2,1-2H3,(H,19,23). The summed E-state index contributed by atoms with van der Waals surface area (Å²) in [7, 11) is 1.61. The molecular formula is C15H18ClFN4OS. The van der Waals surface area contributed by atoms with Gasteiger partial charge >= 0.3 is 0 Å². The van der Waals surface area contributed by atoms with E-state index in [1.165, 1.54) is 17.0 Å². The summed E-state index contributed by atoms with van der Waals surface area (Å²) in [6.45, 7) is 2.18. The number of benzene rings is 1. The molecule has 0 aliphatic carbocycles. The van der Waals surface area contributed by atoms with Gasteiger partial charge in [-0.1, -0.05) is 24.6 Å². The van der Waals surface area contributed by atoms with E-state index in [0.717, 1.165) is 18.7 Å². The van der Waals surface area contributed by atoms with Gasteiger partial charge in [0.1, 0.15) is 18.2 Å². The number of rotatable bonds is 6. The third-order valence-corrected chi connectivity index (χ3v) is 4.15. The number of aromatic nitrogens is 3. The molecule has 1 amide bonds. The minimum atomic E-state index is -0.427. The van der Waals surface area contributed by atoms with Gasteiger partial charge in [0.25, 0.3) is 0 Å². The van der Waals surface area contributed by atoms with Crippen molar-refractivity contribution >= 4 is 29.7 Å². The Kier molecular flexibility index (Phi) is 5.90. The van der Waals surface area contributed by atoms with E-state index >= 15 is 0 Å². The van der Waals surface area contributed by atoms with E-state index in [9.17, 15) is 9.18 Å². The lowest BCUT2D eigenvalue weighted by Crippen LogP contribution is -2.30. The van der Waals surface area contributed by atoms with Gasteiger partial charge in [0.15, 0.2) is 4.77 Å². The van der Waals surface area contributed by atoms with Gasteiger partial charge in [-0.2, -0.15) is 5.10 Å². The van der Waals surface area contributed by atoms with Crippen molar-refractivity contribution in [3.8, 4) is 0 Å². The highest BCUT2D eigenvalue weighted by Crippen LogP contribution is 2.20. The van der Waals surface area contributed by atoms with E-state index in [0.29, 0.717) is 15.4 Å². The molecule has 0 bridgehead atoms. The molecule has 1 aromatic heterocycles. The number of amides is 1. The molecule has 0 aliphatic rings. The Labute approximate surface area is 144 Å². The van der Waals surface area contributed by atoms with Crippen LogP contribution in [-0.2, 0) is 24.3 Å². The summed E-state index contributed by atoms with van der Waals surface area (Å²) in [5, 5.41) is 7.12. The quantitative estimate of drug-likeness (QED) is 0.807. The van der Waals surface area contributed by atoms with Gasteiger partial charge in [-0.15, -0.1) is 0 Å². The second-order valence-corrected chi connectivity index (χ2v) is 6.03. The van der Waals surface area contributed by atoms with Crippen LogP contribution in [0.5, 0.6) is 0 Å². The first-order valence-corrected chi connectivity index (χ1v) is 8.03. The van der Waals surface area contributed by atoms with E-state index in [2.05, 4.69) is 10.2 Å². The van der Waals surface area contributed by atoms with Crippen LogP contribution in [0.2, 0.25) is 5.02 Å². The predicted molar refractivity (Wildman–Crippen MR) is 89.3 cm³/mol. The van der Waals surface area contributed by atoms with Crippen molar-refractivity contribution in [3.63, 3.8) is 0 Å². The molecule has 0 aliphatic heterocycles. The highest BCUT2D eigenvalue weighted by Gasteiger charge is 2.16. The minimum Gasteiger partial charge on any atom is -0.340 e. The molecule has 1 aromatic carbocycles. The maximum atomic E-state index is 13.8. The zero-order chi connectivity index (χ0) is 17.0. The van der Waals surface area contributed by atoms with Crippen LogP contribution >= 0.6 is 23.8 Å². The summed E-state index contributed by atoms with van der Waals surface area (Å²) in [5.41, 5.74) is 0.301. The second-order valence-electron chi connectivity index (χ2n) is 5.23. The van der Waals surface area contributed by atoms with Crippen LogP contribution in [0.3, 0.4) is 0 Å². The molecule has 0 spiro atoms. The van der Waals surface area contributed by atoms with E-state index in [4.69, 9.17) is 23.8 Å². The third-order valence-electron chi connectivity index (χ3n) is 3.49. The number of hydrogen-bond acceptors (Lipinski definition) is 3. The van der Waals surface area contributed by atoms with Crippen molar-refractivity contribution in [1.29, 1.82) is 0 Å². The Bertz CT molecular complexity index is 738. The lowest BCUT2D eigenvalue weighted by atomic mass is 10.2. The molecule has 124 valence electrons. The van der Waals surface area contributed by atoms with E-state index in [-0.39, 0.29) is 19.0 Å². The van der Waals surface area contributed by atoms with Crippen molar-refractivity contribution in [2.75, 3.05) is 7.05 Å². The maximum Gasteiger partial charge on any atom is 0.242 e. The predicted octanol–water partition coefficient (Wildman–Crippen LogP) is 3.34. The van der Waals surface area contributed by atoms with Gasteiger partial charge in [-0.05, 0) is 30.8 Å². The number of aromatic amines is 1. The molecule has 1 N–H and O–H groups in total. The van der Waals surface area contributed by atoms with Crippen LogP contribution < -0.4 is 0 Å². The summed E-state index contributed by atoms with van der Waals surface area (Å²) in [4.78, 5) is 13.8. The van der Waals surface area contributed by atoms with Crippen LogP contribution in [0.15, 0.2) is 18.2 Å². The Morgan fingerprint density at radius 3 is 2.91 bits per heavy atom. The van der Waals surface area contributed by atoms with Gasteiger partial charge in [0.05, 0.1) is 0 Å². The van der Waals surface area contributed by atoms with Gasteiger partial charge in [0, 0.05) is 30.6 Å². The average molecular weight is 357 g/mol. The van der Waals surface area contributed by atoms with Crippen LogP contribution in [0, 0.1) is 10.6 Å². The van der Waals surface area contributed by atoms with E-state index in [1.54, 1.807) is 17.7 Å². The molecular weight excluding hydrogens is 339 g/mol. The topological polar surface area (TPSA) is 53.9 Å². The molecule has 1 heterocycles. The molecule has 0 fully saturated rings. The molecule has 0 saturated heterocycles. The van der Waals surface area contributed by atoms with Gasteiger partial charge in [-0.25, -0.2) is 4.39 Å². The number of H-pyrrole nitrogens is 1. The summed E-state index contributed by atoms with van der Waals surface area (Å²) < 4.78 is 15.9. The van der Waals surface area contributed by atoms with Gasteiger partial charge in [-0.3, -0.25) is 14.5 Å². The molecule has 0 unspecified atom stereocenters. The lowest BCUT2D eigenvalue weighted by Gasteiger charge is -2.19. The van der Waals surface area contributed by atoms with E-state index in [1.807, 2.05) is 6.92 Å². The zero-order valence-electron chi connectivity index (χ0n) is 13.0. The number of carbonyl (C=O) groups excluding carboxylic acids is 1. The number of nitrogens with one attached hydrogen (secondary N) is 1. The molecule has 2 aromatic rings. The molecule has 5 nitrogen and oxygen atoms in total. The number of carbonyl (C=O) groups is 1. The van der Waals surface area contributed by atoms with Gasteiger partial charge in [0.2, 0.25) is 5.91 Å². The molecule has 23 heavy (non-hydrogen) atoms. The number of hydrogen-bond donors (Lipinski definition) is 1. The van der Waals surface area contributed by atoms with Crippen LogP contribution in [0.1, 0.15) is 24.7 Å². The fourth-order valence-electron chi connectivity index (χ4n) is 2.19. The van der Waals surface area contributed by atoms with Crippen LogP contribution in [0.4, 0.5) is 4.39 Å². The number of halogens is 2. The Balaban J connectivity index is 2.12. The average Bonchev–Trinajstić information content (AvgIpc) is 2.84. The molecule has 0 radical (unpaired) electrons. The highest BCUT2D eigenvalue weighted by atomic mass is 35.5. The summed E-state index contributed by atoms with van der Waals surface area (Å²) in [6.07, 6.45) is 1.62. The molecule has 8 heteroatoms. The Morgan fingerprint density at radius 1 is 1.52 bits per heavy atom. The van der Waals surface area contributed by atoms with E-state index < -0.39 is 5.82 Å². The normalized spacial score (nSPS) is 10.8. The zero-order valence-corrected chi connectivity index (χ0v) is 14.5. The summed E-state index contributed by atoms with van der Waals surface area (Å²) in [6, 6.07) is 4.46. The molecule has 0 saturated carbocycles. The molecule has 2 rings (SSSR count). The van der Waals surface area contributed by atoms with Crippen molar-refractivity contribution in [2.45, 2.75) is 32.9 Å². The SMILES string of the molecule is CCCc1n[nH]c(=S)n1CC(=O)N(C)Cc1c(F)cccc1Cl. The first kappa shape index (κ1) is 17.6. The summed E-state index contributed by atoms with van der Waals surface area (Å²) in [5.74, 6) is 0.117. The number of aryl methyl sites for hydroxylation is 1. The third kappa shape index (κ3) is 4.17. The lowest BCUT2D eigenvalue weighted by molar-refractivity contribution is -0.131. The smallest absolute Gasteiger partial charge is 0.242 e. The summed E-state index contributed by atoms with van der Waals surface area (Å²) >= 11 is 11.2. The van der Waals surface area contributed by atoms with Gasteiger partial charge < -0.3 is 4.90 Å². The monoisotopic (exact) mass is 356 g/mol. The number of nitrogens with zero attached hydrogens (tertiary/aromatic N) is 3. The van der Waals surface area contributed by atoms with Crippen LogP contribution in [0.25, 0.3) is 0 Å². The largest absolute Gasteiger partial charge is 0.340 e. The van der Waals surface area contributed by atoms with Crippen molar-refractivity contribution in [1.82, 2.24) is 19.7 Å². The second kappa shape index (κ2) is 7.70. The van der Waals surface area contributed by atoms with Crippen molar-refractivity contribution in [2.24, 2.45) is 0 Å². The van der Waals surface area contributed by atoms with Crippen LogP contribution in [-0.4, -0.2) is 32.6 Å². The fourth-order valence-corrected chi connectivity index (χ4v) is 2.63. The minimum absolute atomic E-state index is 0.0627. The van der Waals surface area contributed by atoms with Crippen molar-refractivity contribution < 1.29 is 9.18 Å². The van der Waals surface area contributed by atoms with Crippen molar-refractivity contribution in [3.05, 3.63) is 45.2 Å². The fraction of sp³-hybridized carbons (Fsp3) is 0.400. The Hall–Kier alpha value is -1.73. The Morgan fingerprint density at radius 2 is 2.26 bits per heavy atom. The maximum absolute atomic E-state index is 13.8.